The van der Waals surface area contributed by atoms with Crippen LogP contribution in [0.15, 0.2) is 28.9 Å². The van der Waals surface area contributed by atoms with Crippen LogP contribution in [0.5, 0.6) is 5.75 Å². The Labute approximate surface area is 138 Å². The fourth-order valence-electron chi connectivity index (χ4n) is 2.31. The molecular weight excluding hydrogens is 354 g/mol. The van der Waals surface area contributed by atoms with E-state index in [2.05, 4.69) is 33.3 Å². The first kappa shape index (κ1) is 16.3. The zero-order valence-electron chi connectivity index (χ0n) is 12.4. The molecule has 0 saturated carbocycles. The van der Waals surface area contributed by atoms with Crippen LogP contribution in [-0.4, -0.2) is 23.4 Å². The Morgan fingerprint density at radius 3 is 2.81 bits per heavy atom. The zero-order chi connectivity index (χ0) is 15.4. The molecule has 2 rings (SSSR count). The summed E-state index contributed by atoms with van der Waals surface area (Å²) in [5, 5.41) is 8.52. The third-order valence-electron chi connectivity index (χ3n) is 3.32. The molecule has 0 amide bonds. The number of nitrogens with one attached hydrogen (secondary N) is 1. The van der Waals surface area contributed by atoms with Gasteiger partial charge in [0.2, 0.25) is 0 Å². The molecule has 1 aromatic heterocycles. The first-order valence-electron chi connectivity index (χ1n) is 6.82. The van der Waals surface area contributed by atoms with Crippen molar-refractivity contribution in [2.24, 2.45) is 7.05 Å². The van der Waals surface area contributed by atoms with Crippen LogP contribution in [-0.2, 0) is 7.05 Å². The molecule has 1 aromatic carbocycles. The maximum Gasteiger partial charge on any atom is 0.125 e. The van der Waals surface area contributed by atoms with Crippen molar-refractivity contribution >= 4 is 27.5 Å². The molecule has 0 spiro atoms. The quantitative estimate of drug-likeness (QED) is 0.835. The number of ether oxygens (including phenoxy) is 1. The van der Waals surface area contributed by atoms with Gasteiger partial charge in [0.1, 0.15) is 5.75 Å². The SMILES string of the molecule is CCCNC(c1ccc(Cl)cc1OC)c1c(Br)cnn1C. The Kier molecular flexibility index (Phi) is 5.67. The molecule has 1 N–H and O–H groups in total. The van der Waals surface area contributed by atoms with Gasteiger partial charge in [0.25, 0.3) is 0 Å². The highest BCUT2D eigenvalue weighted by Gasteiger charge is 2.23. The summed E-state index contributed by atoms with van der Waals surface area (Å²) in [5.74, 6) is 0.768. The predicted octanol–water partition coefficient (Wildman–Crippen LogP) is 3.93. The van der Waals surface area contributed by atoms with Crippen LogP contribution in [0, 0.1) is 0 Å². The Morgan fingerprint density at radius 1 is 1.48 bits per heavy atom. The van der Waals surface area contributed by atoms with E-state index in [1.54, 1.807) is 13.3 Å². The smallest absolute Gasteiger partial charge is 0.125 e. The molecule has 0 aliphatic rings. The van der Waals surface area contributed by atoms with E-state index in [4.69, 9.17) is 16.3 Å². The highest BCUT2D eigenvalue weighted by Crippen LogP contribution is 2.34. The normalized spacial score (nSPS) is 12.4. The van der Waals surface area contributed by atoms with E-state index in [9.17, 15) is 0 Å². The third kappa shape index (κ3) is 3.59. The molecule has 0 fully saturated rings. The lowest BCUT2D eigenvalue weighted by Crippen LogP contribution is -2.26. The number of hydrogen-bond acceptors (Lipinski definition) is 3. The maximum absolute atomic E-state index is 6.06. The summed E-state index contributed by atoms with van der Waals surface area (Å²) in [6.45, 7) is 3.04. The van der Waals surface area contributed by atoms with Crippen molar-refractivity contribution in [1.29, 1.82) is 0 Å². The molecule has 1 heterocycles. The summed E-state index contributed by atoms with van der Waals surface area (Å²) < 4.78 is 8.33. The molecule has 6 heteroatoms. The third-order valence-corrected chi connectivity index (χ3v) is 4.16. The first-order chi connectivity index (χ1) is 10.1. The number of rotatable bonds is 6. The van der Waals surface area contributed by atoms with E-state index in [1.807, 2.05) is 29.9 Å². The first-order valence-corrected chi connectivity index (χ1v) is 7.99. The van der Waals surface area contributed by atoms with Crippen molar-refractivity contribution < 1.29 is 4.74 Å². The molecule has 0 bridgehead atoms. The highest BCUT2D eigenvalue weighted by atomic mass is 79.9. The largest absolute Gasteiger partial charge is 0.496 e. The van der Waals surface area contributed by atoms with Gasteiger partial charge in [-0.1, -0.05) is 24.6 Å². The van der Waals surface area contributed by atoms with Crippen LogP contribution in [0.1, 0.15) is 30.6 Å². The molecule has 0 radical (unpaired) electrons. The molecule has 21 heavy (non-hydrogen) atoms. The van der Waals surface area contributed by atoms with Crippen molar-refractivity contribution in [3.8, 4) is 5.75 Å². The van der Waals surface area contributed by atoms with Gasteiger partial charge < -0.3 is 10.1 Å². The maximum atomic E-state index is 6.06. The van der Waals surface area contributed by atoms with Crippen LogP contribution in [0.25, 0.3) is 0 Å². The van der Waals surface area contributed by atoms with E-state index < -0.39 is 0 Å². The van der Waals surface area contributed by atoms with Gasteiger partial charge in [-0.2, -0.15) is 5.10 Å². The van der Waals surface area contributed by atoms with Crippen LogP contribution in [0.2, 0.25) is 5.02 Å². The number of methoxy groups -OCH3 is 1. The molecule has 0 aliphatic heterocycles. The number of benzene rings is 1. The van der Waals surface area contributed by atoms with Gasteiger partial charge in [-0.15, -0.1) is 0 Å². The van der Waals surface area contributed by atoms with Gasteiger partial charge in [0.05, 0.1) is 29.5 Å². The van der Waals surface area contributed by atoms with Gasteiger partial charge in [-0.25, -0.2) is 0 Å². The molecule has 2 aromatic rings. The fourth-order valence-corrected chi connectivity index (χ4v) is 3.05. The minimum Gasteiger partial charge on any atom is -0.496 e. The zero-order valence-corrected chi connectivity index (χ0v) is 14.7. The van der Waals surface area contributed by atoms with Crippen LogP contribution >= 0.6 is 27.5 Å². The number of nitrogens with zero attached hydrogens (tertiary/aromatic N) is 2. The lowest BCUT2D eigenvalue weighted by Gasteiger charge is -2.22. The Hall–Kier alpha value is -1.04. The van der Waals surface area contributed by atoms with E-state index in [1.165, 1.54) is 0 Å². The Balaban J connectivity index is 2.50. The fraction of sp³-hybridized carbons (Fsp3) is 0.400. The monoisotopic (exact) mass is 371 g/mol. The second-order valence-electron chi connectivity index (χ2n) is 4.77. The van der Waals surface area contributed by atoms with E-state index in [-0.39, 0.29) is 6.04 Å². The molecule has 0 aliphatic carbocycles. The van der Waals surface area contributed by atoms with Crippen LogP contribution < -0.4 is 10.1 Å². The number of halogens is 2. The second-order valence-corrected chi connectivity index (χ2v) is 6.07. The number of aromatic nitrogens is 2. The van der Waals surface area contributed by atoms with E-state index in [0.717, 1.165) is 34.4 Å². The number of hydrogen-bond donors (Lipinski definition) is 1. The van der Waals surface area contributed by atoms with E-state index >= 15 is 0 Å². The standard InChI is InChI=1S/C15H19BrClN3O/c1-4-7-18-14(15-12(16)9-19-20(15)2)11-6-5-10(17)8-13(11)21-3/h5-6,8-9,14,18H,4,7H2,1-3H3. The lowest BCUT2D eigenvalue weighted by molar-refractivity contribution is 0.402. The van der Waals surface area contributed by atoms with Crippen molar-refractivity contribution in [2.45, 2.75) is 19.4 Å². The predicted molar refractivity (Wildman–Crippen MR) is 89.0 cm³/mol. The van der Waals surface area contributed by atoms with Crippen molar-refractivity contribution in [3.63, 3.8) is 0 Å². The summed E-state index contributed by atoms with van der Waals surface area (Å²) >= 11 is 9.64. The molecule has 1 atom stereocenters. The summed E-state index contributed by atoms with van der Waals surface area (Å²) in [5.41, 5.74) is 2.10. The van der Waals surface area contributed by atoms with Gasteiger partial charge in [-0.05, 0) is 41.0 Å². The van der Waals surface area contributed by atoms with Gasteiger partial charge in [0.15, 0.2) is 0 Å². The van der Waals surface area contributed by atoms with Gasteiger partial charge >= 0.3 is 0 Å². The molecule has 0 saturated heterocycles. The molecule has 1 unspecified atom stereocenters. The van der Waals surface area contributed by atoms with Crippen LogP contribution in [0.4, 0.5) is 0 Å². The minimum atomic E-state index is -0.0148. The van der Waals surface area contributed by atoms with E-state index in [0.29, 0.717) is 5.02 Å². The average Bonchev–Trinajstić information content (AvgIpc) is 2.80. The van der Waals surface area contributed by atoms with Crippen molar-refractivity contribution in [2.75, 3.05) is 13.7 Å². The van der Waals surface area contributed by atoms with Crippen molar-refractivity contribution in [1.82, 2.24) is 15.1 Å². The van der Waals surface area contributed by atoms with Crippen molar-refractivity contribution in [3.05, 3.63) is 45.1 Å². The number of aryl methyl sites for hydroxylation is 1. The topological polar surface area (TPSA) is 39.1 Å². The molecular formula is C15H19BrClN3O. The Bertz CT molecular complexity index is 595. The lowest BCUT2D eigenvalue weighted by atomic mass is 10.0. The summed E-state index contributed by atoms with van der Waals surface area (Å²) in [4.78, 5) is 0. The van der Waals surface area contributed by atoms with Gasteiger partial charge in [0, 0.05) is 17.6 Å². The molecule has 4 nitrogen and oxygen atoms in total. The minimum absolute atomic E-state index is 0.0148. The summed E-state index contributed by atoms with van der Waals surface area (Å²) in [6, 6.07) is 5.69. The average molecular weight is 373 g/mol. The summed E-state index contributed by atoms with van der Waals surface area (Å²) in [6.07, 6.45) is 2.85. The van der Waals surface area contributed by atoms with Crippen LogP contribution in [0.3, 0.4) is 0 Å². The highest BCUT2D eigenvalue weighted by molar-refractivity contribution is 9.10. The summed E-state index contributed by atoms with van der Waals surface area (Å²) in [7, 11) is 3.59. The molecule has 114 valence electrons. The Morgan fingerprint density at radius 2 is 2.24 bits per heavy atom. The second kappa shape index (κ2) is 7.29. The van der Waals surface area contributed by atoms with Gasteiger partial charge in [-0.3, -0.25) is 4.68 Å².